The molecule has 0 aliphatic heterocycles. The SMILES string of the molecule is CCS(=O)C1CCCC(NC(=NC)NCCc2ccc(OC)c(OC)c2OC)C1.I. The second-order valence-corrected chi connectivity index (χ2v) is 9.05. The van der Waals surface area contributed by atoms with Crippen LogP contribution in [0.4, 0.5) is 0 Å². The monoisotopic (exact) mass is 553 g/mol. The maximum absolute atomic E-state index is 12.2. The van der Waals surface area contributed by atoms with Crippen molar-refractivity contribution in [2.75, 3.05) is 40.7 Å². The van der Waals surface area contributed by atoms with Gasteiger partial charge < -0.3 is 24.8 Å². The van der Waals surface area contributed by atoms with E-state index in [1.54, 1.807) is 28.4 Å². The predicted molar refractivity (Wildman–Crippen MR) is 134 cm³/mol. The lowest BCUT2D eigenvalue weighted by Crippen LogP contribution is -2.47. The van der Waals surface area contributed by atoms with Crippen LogP contribution >= 0.6 is 24.0 Å². The molecule has 0 spiro atoms. The standard InChI is InChI=1S/C21H35N3O4S.HI/c1-6-29(25)17-9-7-8-16(14-17)24-21(22-2)23-13-12-15-10-11-18(26-3)20(28-5)19(15)27-4;/h10-11,16-17H,6-9,12-14H2,1-5H3,(H2,22,23,24);1H. The Morgan fingerprint density at radius 2 is 1.90 bits per heavy atom. The lowest BCUT2D eigenvalue weighted by molar-refractivity contribution is 0.322. The zero-order valence-electron chi connectivity index (χ0n) is 18.7. The summed E-state index contributed by atoms with van der Waals surface area (Å²) in [6.45, 7) is 2.69. The molecule has 2 N–H and O–H groups in total. The summed E-state index contributed by atoms with van der Waals surface area (Å²) < 4.78 is 28.5. The van der Waals surface area contributed by atoms with Gasteiger partial charge in [-0.25, -0.2) is 0 Å². The van der Waals surface area contributed by atoms with Crippen molar-refractivity contribution in [3.05, 3.63) is 17.7 Å². The quantitative estimate of drug-likeness (QED) is 0.278. The minimum absolute atomic E-state index is 0. The minimum atomic E-state index is -0.727. The molecule has 1 saturated carbocycles. The lowest BCUT2D eigenvalue weighted by atomic mass is 9.95. The second kappa shape index (κ2) is 14.0. The molecule has 9 heteroatoms. The van der Waals surface area contributed by atoms with Gasteiger partial charge in [0.2, 0.25) is 5.75 Å². The Morgan fingerprint density at radius 3 is 2.50 bits per heavy atom. The van der Waals surface area contributed by atoms with E-state index in [-0.39, 0.29) is 24.0 Å². The van der Waals surface area contributed by atoms with E-state index in [0.29, 0.717) is 35.1 Å². The van der Waals surface area contributed by atoms with Gasteiger partial charge in [0.25, 0.3) is 0 Å². The smallest absolute Gasteiger partial charge is 0.203 e. The Hall–Kier alpha value is -1.23. The van der Waals surface area contributed by atoms with Gasteiger partial charge >= 0.3 is 0 Å². The molecule has 30 heavy (non-hydrogen) atoms. The van der Waals surface area contributed by atoms with Gasteiger partial charge in [-0.1, -0.05) is 19.4 Å². The van der Waals surface area contributed by atoms with Crippen LogP contribution in [0.2, 0.25) is 0 Å². The fraction of sp³-hybridized carbons (Fsp3) is 0.667. The molecule has 0 radical (unpaired) electrons. The minimum Gasteiger partial charge on any atom is -0.493 e. The summed E-state index contributed by atoms with van der Waals surface area (Å²) in [5, 5.41) is 7.17. The maximum Gasteiger partial charge on any atom is 0.203 e. The van der Waals surface area contributed by atoms with Crippen LogP contribution < -0.4 is 24.8 Å². The van der Waals surface area contributed by atoms with Gasteiger partial charge in [-0.2, -0.15) is 0 Å². The van der Waals surface area contributed by atoms with E-state index >= 15 is 0 Å². The molecule has 172 valence electrons. The molecular formula is C21H36IN3O4S. The Morgan fingerprint density at radius 1 is 1.17 bits per heavy atom. The third kappa shape index (κ3) is 7.18. The number of aliphatic imine (C=N–C) groups is 1. The molecule has 0 bridgehead atoms. The average molecular weight is 554 g/mol. The maximum atomic E-state index is 12.2. The fourth-order valence-electron chi connectivity index (χ4n) is 3.81. The molecule has 3 unspecified atom stereocenters. The molecule has 1 aliphatic rings. The van der Waals surface area contributed by atoms with Crippen LogP contribution in [0.3, 0.4) is 0 Å². The molecule has 0 saturated heterocycles. The Balaban J connectivity index is 0.00000450. The Bertz CT molecular complexity index is 718. The van der Waals surface area contributed by atoms with Gasteiger partial charge in [-0.15, -0.1) is 24.0 Å². The Labute approximate surface area is 200 Å². The van der Waals surface area contributed by atoms with E-state index in [1.165, 1.54) is 0 Å². The van der Waals surface area contributed by atoms with Gasteiger partial charge in [0.15, 0.2) is 17.5 Å². The first-order chi connectivity index (χ1) is 14.1. The number of nitrogens with zero attached hydrogens (tertiary/aromatic N) is 1. The van der Waals surface area contributed by atoms with Crippen LogP contribution in [0.1, 0.15) is 38.2 Å². The van der Waals surface area contributed by atoms with E-state index in [1.807, 2.05) is 19.1 Å². The second-order valence-electron chi connectivity index (χ2n) is 7.04. The van der Waals surface area contributed by atoms with Crippen molar-refractivity contribution in [1.29, 1.82) is 0 Å². The van der Waals surface area contributed by atoms with E-state index < -0.39 is 10.8 Å². The predicted octanol–water partition coefficient (Wildman–Crippen LogP) is 3.12. The number of benzene rings is 1. The zero-order valence-corrected chi connectivity index (χ0v) is 21.8. The molecule has 1 aliphatic carbocycles. The summed E-state index contributed by atoms with van der Waals surface area (Å²) in [4.78, 5) is 4.35. The number of hydrogen-bond acceptors (Lipinski definition) is 5. The van der Waals surface area contributed by atoms with Crippen LogP contribution in [0, 0.1) is 0 Å². The van der Waals surface area contributed by atoms with E-state index in [0.717, 1.165) is 49.4 Å². The lowest BCUT2D eigenvalue weighted by Gasteiger charge is -2.30. The molecule has 1 aromatic rings. The number of halogens is 1. The average Bonchev–Trinajstić information content (AvgIpc) is 2.77. The van der Waals surface area contributed by atoms with Gasteiger partial charge in [0.05, 0.1) is 21.3 Å². The summed E-state index contributed by atoms with van der Waals surface area (Å²) in [5.74, 6) is 3.45. The summed E-state index contributed by atoms with van der Waals surface area (Å²) in [7, 11) is 5.90. The van der Waals surface area contributed by atoms with E-state index in [9.17, 15) is 4.21 Å². The number of rotatable bonds is 9. The molecule has 7 nitrogen and oxygen atoms in total. The van der Waals surface area contributed by atoms with Crippen LogP contribution in [0.25, 0.3) is 0 Å². The molecular weight excluding hydrogens is 517 g/mol. The highest BCUT2D eigenvalue weighted by molar-refractivity contribution is 14.0. The molecule has 1 aromatic carbocycles. The number of ether oxygens (including phenoxy) is 3. The summed E-state index contributed by atoms with van der Waals surface area (Å²) >= 11 is 0. The van der Waals surface area contributed by atoms with Gasteiger partial charge in [-0.05, 0) is 31.7 Å². The summed E-state index contributed by atoms with van der Waals surface area (Å²) in [6, 6.07) is 4.19. The van der Waals surface area contributed by atoms with Crippen LogP contribution in [0.5, 0.6) is 17.2 Å². The first-order valence-corrected chi connectivity index (χ1v) is 11.6. The summed E-state index contributed by atoms with van der Waals surface area (Å²) in [6.07, 6.45) is 4.93. The fourth-order valence-corrected chi connectivity index (χ4v) is 5.16. The first-order valence-electron chi connectivity index (χ1n) is 10.2. The van der Waals surface area contributed by atoms with Crippen LogP contribution in [-0.2, 0) is 17.2 Å². The van der Waals surface area contributed by atoms with Crippen molar-refractivity contribution >= 4 is 40.7 Å². The highest BCUT2D eigenvalue weighted by Gasteiger charge is 2.26. The topological polar surface area (TPSA) is 81.2 Å². The number of guanidine groups is 1. The summed E-state index contributed by atoms with van der Waals surface area (Å²) in [5.41, 5.74) is 1.03. The molecule has 0 amide bonds. The number of nitrogens with one attached hydrogen (secondary N) is 2. The van der Waals surface area contributed by atoms with Crippen molar-refractivity contribution in [1.82, 2.24) is 10.6 Å². The van der Waals surface area contributed by atoms with Crippen molar-refractivity contribution in [2.45, 2.75) is 50.3 Å². The highest BCUT2D eigenvalue weighted by Crippen LogP contribution is 2.39. The van der Waals surface area contributed by atoms with Crippen LogP contribution in [0.15, 0.2) is 17.1 Å². The molecule has 2 rings (SSSR count). The van der Waals surface area contributed by atoms with Gasteiger partial charge in [-0.3, -0.25) is 9.20 Å². The van der Waals surface area contributed by atoms with Crippen molar-refractivity contribution in [2.24, 2.45) is 4.99 Å². The highest BCUT2D eigenvalue weighted by atomic mass is 127. The van der Waals surface area contributed by atoms with Gasteiger partial charge in [0, 0.05) is 47.0 Å². The first kappa shape index (κ1) is 26.8. The molecule has 0 heterocycles. The molecule has 0 aromatic heterocycles. The largest absolute Gasteiger partial charge is 0.493 e. The normalized spacial score (nSPS) is 20.0. The van der Waals surface area contributed by atoms with Crippen molar-refractivity contribution < 1.29 is 18.4 Å². The Kier molecular flexibility index (Phi) is 12.5. The van der Waals surface area contributed by atoms with E-state index in [4.69, 9.17) is 14.2 Å². The van der Waals surface area contributed by atoms with Crippen LogP contribution in [-0.4, -0.2) is 62.1 Å². The molecule has 1 fully saturated rings. The van der Waals surface area contributed by atoms with E-state index in [2.05, 4.69) is 15.6 Å². The van der Waals surface area contributed by atoms with Crippen molar-refractivity contribution in [3.63, 3.8) is 0 Å². The third-order valence-electron chi connectivity index (χ3n) is 5.32. The zero-order chi connectivity index (χ0) is 21.2. The third-order valence-corrected chi connectivity index (χ3v) is 7.06. The van der Waals surface area contributed by atoms with Crippen molar-refractivity contribution in [3.8, 4) is 17.2 Å². The van der Waals surface area contributed by atoms with Gasteiger partial charge in [0.1, 0.15) is 0 Å². The number of methoxy groups -OCH3 is 3. The number of hydrogen-bond donors (Lipinski definition) is 2. The molecule has 3 atom stereocenters.